The van der Waals surface area contributed by atoms with Crippen LogP contribution in [0.4, 0.5) is 0 Å². The van der Waals surface area contributed by atoms with Crippen LogP contribution in [0.3, 0.4) is 0 Å². The molecule has 19 N–H and O–H groups in total. The number of benzene rings is 5. The lowest BCUT2D eigenvalue weighted by atomic mass is 9.85. The topological polar surface area (TPSA) is 465 Å². The molecule has 32 nitrogen and oxygen atoms in total. The van der Waals surface area contributed by atoms with Gasteiger partial charge in [0.1, 0.15) is 79.5 Å². The Morgan fingerprint density at radius 1 is 0.647 bits per heavy atom. The Labute approximate surface area is 675 Å². The minimum Gasteiger partial charge on any atom is -0.491 e. The number of ether oxygens (including phenoxy) is 2. The van der Waals surface area contributed by atoms with E-state index in [1.807, 2.05) is 84.9 Å². The van der Waals surface area contributed by atoms with Crippen LogP contribution in [0, 0.1) is 10.8 Å². The number of carbonyl (C=O) groups is 10. The maximum absolute atomic E-state index is 15.5. The number of aliphatic carboxylic acids is 1. The van der Waals surface area contributed by atoms with Gasteiger partial charge in [0, 0.05) is 50.9 Å². The number of likely N-dealkylation sites (N-methyl/N-ethyl adjacent to an activating group) is 2. The maximum Gasteiger partial charge on any atom is 0.326 e. The summed E-state index contributed by atoms with van der Waals surface area (Å²) in [6.45, 7) is 13.6. The van der Waals surface area contributed by atoms with Crippen molar-refractivity contribution < 1.29 is 87.6 Å². The molecular weight excluding hydrogens is 1510 g/mol. The van der Waals surface area contributed by atoms with Gasteiger partial charge in [-0.2, -0.15) is 5.53 Å². The van der Waals surface area contributed by atoms with E-state index in [0.29, 0.717) is 52.3 Å². The van der Waals surface area contributed by atoms with Crippen LogP contribution in [0.15, 0.2) is 162 Å². The number of quaternary nitrogens is 2. The number of sulfonamides is 1. The van der Waals surface area contributed by atoms with Gasteiger partial charge in [-0.05, 0) is 132 Å². The highest BCUT2D eigenvalue weighted by molar-refractivity contribution is 7.91. The summed E-state index contributed by atoms with van der Waals surface area (Å²) in [6, 6.07) is 19.4. The van der Waals surface area contributed by atoms with Crippen LogP contribution in [-0.2, 0) is 82.0 Å². The first-order valence-corrected chi connectivity index (χ1v) is 40.8. The number of amides is 9. The summed E-state index contributed by atoms with van der Waals surface area (Å²) in [5, 5.41) is 45.5. The van der Waals surface area contributed by atoms with Gasteiger partial charge in [0.2, 0.25) is 57.3 Å². The summed E-state index contributed by atoms with van der Waals surface area (Å²) >= 11 is 0. The first kappa shape index (κ1) is 87.3. The highest BCUT2D eigenvalue weighted by Gasteiger charge is 2.49. The molecule has 0 radical (unpaired) electrons. The first-order chi connectivity index (χ1) is 55.1. The fourth-order valence-electron chi connectivity index (χ4n) is 14.4. The summed E-state index contributed by atoms with van der Waals surface area (Å²) in [7, 11) is -0.959. The predicted molar refractivity (Wildman–Crippen MR) is 432 cm³/mol. The van der Waals surface area contributed by atoms with Gasteiger partial charge in [0.05, 0.1) is 29.6 Å². The van der Waals surface area contributed by atoms with E-state index >= 15 is 24.0 Å². The number of hydrogen-bond donors (Lipinski definition) is 15. The molecule has 116 heavy (non-hydrogen) atoms. The highest BCUT2D eigenvalue weighted by atomic mass is 32.2. The van der Waals surface area contributed by atoms with E-state index in [9.17, 15) is 37.5 Å². The van der Waals surface area contributed by atoms with Gasteiger partial charge >= 0.3 is 5.97 Å². The van der Waals surface area contributed by atoms with Gasteiger partial charge in [-0.25, -0.2) is 18.6 Å². The van der Waals surface area contributed by atoms with Crippen molar-refractivity contribution in [3.05, 3.63) is 173 Å². The Bertz CT molecular complexity index is 4750. The Kier molecular flexibility index (Phi) is 29.0. The van der Waals surface area contributed by atoms with Crippen molar-refractivity contribution in [1.82, 2.24) is 67.8 Å². The molecule has 2 saturated heterocycles. The van der Waals surface area contributed by atoms with Crippen LogP contribution in [0.5, 0.6) is 5.75 Å². The van der Waals surface area contributed by atoms with Crippen molar-refractivity contribution in [2.24, 2.45) is 15.9 Å². The Morgan fingerprint density at radius 3 is 1.66 bits per heavy atom. The Hall–Kier alpha value is -11.1. The van der Waals surface area contributed by atoms with Crippen LogP contribution >= 0.6 is 0 Å². The molecule has 12 atom stereocenters. The van der Waals surface area contributed by atoms with Crippen molar-refractivity contribution in [3.63, 3.8) is 0 Å². The molecule has 5 aromatic rings. The van der Waals surface area contributed by atoms with Crippen molar-refractivity contribution in [1.29, 1.82) is 0 Å². The number of nitrogens with zero attached hydrogens (tertiary/aromatic N) is 3. The zero-order valence-electron chi connectivity index (χ0n) is 67.4. The number of likely N-dealkylation sites (tertiary alicyclic amines) is 2. The monoisotopic (exact) mass is 1620 g/mol. The Morgan fingerprint density at radius 2 is 1.17 bits per heavy atom. The molecule has 6 heterocycles. The van der Waals surface area contributed by atoms with Gasteiger partial charge < -0.3 is 77.5 Å². The second-order valence-corrected chi connectivity index (χ2v) is 34.7. The third kappa shape index (κ3) is 23.1. The quantitative estimate of drug-likeness (QED) is 0.0408. The zero-order chi connectivity index (χ0) is 83.9. The molecule has 622 valence electrons. The highest BCUT2D eigenvalue weighted by Crippen LogP contribution is 2.32. The average Bonchev–Trinajstić information content (AvgIpc) is 1.63. The fraction of sp³-hybridized carbons (Fsp3) is 0.470. The standard InChI is InChI=1S/C83H109N17O15S/c1-47(86-9)72(101)94-70(82(3,4)5)79(108)99-43-57-39-68(99)77(106)91-64(37-51-19-25-53-15-11-13-17-55(53)33-51)74(103)90-66(76(105)98-116(112,113)63-31-32-63)35-49-21-27-61(28-22-49)114-45-59(96-84)41-89-58-40-69(100(44-58)80(109)71(83(6,7)8)95-73(102)48(2)87-10)78(107)92-65(38-52-20-26-54-16-12-14-18-56(54)34-52)75(104)93-67(81(110)111)36-50-23-29-62(30-24-50)115-46-60(97-85)42-88-57/h11-21,23-27,29-30,33-34,41-42,47-48,57-58,63-71,84,86-89,97H,22,28,31-32,35-40,43-46,85H2,1-10H3,(H,90,103)(H,91,106)(H,92,107)(H,93,104)(H,94,101)(H,95,102)(H,98,105)(H,110,111)/p+3. The number of fused-ring (bicyclic) bond motifs is 2. The normalized spacial score (nSPS) is 23.0. The number of carboxylic acid groups (broad SMARTS) is 1. The fourth-order valence-corrected chi connectivity index (χ4v) is 15.7. The van der Waals surface area contributed by atoms with Gasteiger partial charge in [-0.1, -0.05) is 150 Å². The van der Waals surface area contributed by atoms with Crippen LogP contribution in [0.25, 0.3) is 21.5 Å². The molecule has 13 rings (SSSR count). The number of nitrogens with two attached hydrogens (primary N) is 2. The van der Waals surface area contributed by atoms with Gasteiger partial charge in [0.15, 0.2) is 11.4 Å². The van der Waals surface area contributed by atoms with Gasteiger partial charge in [-0.3, -0.25) is 53.7 Å². The number of allylic oxidation sites excluding steroid dienone is 3. The van der Waals surface area contributed by atoms with Crippen molar-refractivity contribution >= 4 is 90.7 Å². The minimum absolute atomic E-state index is 0.0214. The summed E-state index contributed by atoms with van der Waals surface area (Å²) < 4.78 is 41.8. The van der Waals surface area contributed by atoms with E-state index in [4.69, 9.17) is 15.0 Å². The molecule has 33 heteroatoms. The molecule has 3 fully saturated rings. The Balaban J connectivity index is 1.00. The number of nitrogens with one attached hydrogen (secondary N) is 11. The van der Waals surface area contributed by atoms with Gasteiger partial charge in [0.25, 0.3) is 5.91 Å². The second kappa shape index (κ2) is 38.5. The SMILES string of the molecule is CNC(C)C(=O)NC(C(=O)N1CC2CC1C(=O)NC(Cc1ccc3ccccc3c1)C(=O)NC(C(=O)O)Cc1ccc(cc1)OCC(N[NH3+])=C[NH2+]C1CC(C(=O)NC(Cc3ccc4ccccc4c3)C(=O)NC(C(=O)NS(=O)(=O)C3CC3)CC3=CC=C(CC3)OCC(N=[NH2+])=CN2)N(C(=O)C(NC(=O)C(C)NC)C(C)(C)C)C1)C(C)(C)C. The molecule has 12 unspecified atom stereocenters. The average molecular weight is 1620 g/mol. The number of hydrogen-bond acceptors (Lipinski definition) is 19. The number of carbonyl (C=O) groups excluding carboxylic acids is 9. The molecule has 8 bridgehead atoms. The maximum atomic E-state index is 15.5. The third-order valence-electron chi connectivity index (χ3n) is 21.8. The van der Waals surface area contributed by atoms with E-state index in [-0.39, 0.29) is 83.4 Å². The van der Waals surface area contributed by atoms with E-state index in [2.05, 4.69) is 69.0 Å². The van der Waals surface area contributed by atoms with Crippen molar-refractivity contribution in [2.45, 2.75) is 197 Å². The van der Waals surface area contributed by atoms with Crippen LogP contribution in [0.2, 0.25) is 0 Å². The van der Waals surface area contributed by atoms with Crippen LogP contribution in [-0.4, -0.2) is 201 Å². The summed E-state index contributed by atoms with van der Waals surface area (Å²) in [4.78, 5) is 149. The van der Waals surface area contributed by atoms with Crippen molar-refractivity contribution in [3.8, 4) is 5.75 Å². The lowest BCUT2D eigenvalue weighted by molar-refractivity contribution is -0.624. The predicted octanol–water partition coefficient (Wildman–Crippen LogP) is 0.0665. The molecular formula is C83H112N17O15S+3. The second-order valence-electron chi connectivity index (χ2n) is 32.7. The molecule has 2 aliphatic carbocycles. The third-order valence-corrected chi connectivity index (χ3v) is 23.6. The first-order valence-electron chi connectivity index (χ1n) is 39.3. The molecule has 9 amide bonds. The molecule has 0 spiro atoms. The lowest BCUT2D eigenvalue weighted by Gasteiger charge is -2.36. The van der Waals surface area contributed by atoms with Crippen molar-refractivity contribution in [2.75, 3.05) is 40.4 Å². The van der Waals surface area contributed by atoms with Crippen LogP contribution in [0.1, 0.15) is 117 Å². The smallest absolute Gasteiger partial charge is 0.326 e. The van der Waals surface area contributed by atoms with E-state index in [1.165, 1.54) is 16.0 Å². The number of carboxylic acids is 1. The molecule has 1 saturated carbocycles. The number of rotatable bonds is 18. The molecule has 8 aliphatic rings. The van der Waals surface area contributed by atoms with E-state index in [0.717, 1.165) is 21.5 Å². The molecule has 0 aromatic heterocycles. The largest absolute Gasteiger partial charge is 0.491 e. The lowest BCUT2D eigenvalue weighted by Crippen LogP contribution is -2.86. The summed E-state index contributed by atoms with van der Waals surface area (Å²) in [5.41, 5.74) is 10.1. The summed E-state index contributed by atoms with van der Waals surface area (Å²) in [5.74, 6) is -2.90. The summed E-state index contributed by atoms with van der Waals surface area (Å²) in [6.07, 6.45) is 7.06. The van der Waals surface area contributed by atoms with Crippen LogP contribution < -0.4 is 79.4 Å². The minimum atomic E-state index is -4.17. The molecule has 5 aromatic carbocycles. The molecule has 6 aliphatic heterocycles. The van der Waals surface area contributed by atoms with E-state index in [1.54, 1.807) is 117 Å². The zero-order valence-corrected chi connectivity index (χ0v) is 68.2. The van der Waals surface area contributed by atoms with Gasteiger partial charge in [-0.15, -0.1) is 0 Å². The van der Waals surface area contributed by atoms with E-state index < -0.39 is 158 Å².